The van der Waals surface area contributed by atoms with Crippen LogP contribution in [-0.4, -0.2) is 43.8 Å². The van der Waals surface area contributed by atoms with Crippen LogP contribution in [0.5, 0.6) is 11.5 Å². The van der Waals surface area contributed by atoms with Crippen LogP contribution < -0.4 is 19.7 Å². The molecule has 0 saturated carbocycles. The molecule has 0 radical (unpaired) electrons. The first-order valence-corrected chi connectivity index (χ1v) is 8.12. The van der Waals surface area contributed by atoms with Crippen molar-refractivity contribution in [1.29, 1.82) is 0 Å². The van der Waals surface area contributed by atoms with Gasteiger partial charge in [-0.3, -0.25) is 9.69 Å². The highest BCUT2D eigenvalue weighted by Crippen LogP contribution is 2.25. The van der Waals surface area contributed by atoms with Crippen LogP contribution in [0, 0.1) is 6.92 Å². The second kappa shape index (κ2) is 9.35. The van der Waals surface area contributed by atoms with Crippen molar-refractivity contribution in [2.75, 3.05) is 25.7 Å². The van der Waals surface area contributed by atoms with E-state index in [0.29, 0.717) is 11.3 Å². The molecule has 2 amide bonds. The number of aryl methyl sites for hydroxylation is 1. The maximum absolute atomic E-state index is 12.3. The number of ether oxygens (including phenoxy) is 2. The Morgan fingerprint density at radius 1 is 1.15 bits per heavy atom. The Morgan fingerprint density at radius 3 is 2.48 bits per heavy atom. The summed E-state index contributed by atoms with van der Waals surface area (Å²) in [6.45, 7) is 1.16. The number of aliphatic imine (C=N–C) groups is 1. The minimum Gasteiger partial charge on any atom is -0.434 e. The van der Waals surface area contributed by atoms with E-state index >= 15 is 0 Å². The Hall–Kier alpha value is -3.39. The van der Waals surface area contributed by atoms with Gasteiger partial charge in [0.15, 0.2) is 0 Å². The van der Waals surface area contributed by atoms with Gasteiger partial charge in [0.25, 0.3) is 5.90 Å². The molecular formula is C19H21N3O5. The molecule has 0 aromatic heterocycles. The van der Waals surface area contributed by atoms with Crippen molar-refractivity contribution in [3.63, 3.8) is 0 Å². The fourth-order valence-electron chi connectivity index (χ4n) is 2.11. The van der Waals surface area contributed by atoms with Crippen LogP contribution >= 0.6 is 0 Å². The van der Waals surface area contributed by atoms with Gasteiger partial charge in [0.2, 0.25) is 0 Å². The van der Waals surface area contributed by atoms with Gasteiger partial charge in [0.05, 0.1) is 0 Å². The molecule has 2 aromatic rings. The lowest BCUT2D eigenvalue weighted by Crippen LogP contribution is -2.32. The monoisotopic (exact) mass is 371 g/mol. The summed E-state index contributed by atoms with van der Waals surface area (Å²) in [6, 6.07) is 13.8. The molecule has 0 unspecified atom stereocenters. The second-order valence-corrected chi connectivity index (χ2v) is 5.48. The maximum Gasteiger partial charge on any atom is 0.419 e. The normalized spacial score (nSPS) is 10.9. The number of nitrogens with one attached hydrogen (secondary N) is 1. The fraction of sp³-hybridized carbons (Fsp3) is 0.211. The number of nitrogens with zero attached hydrogens (tertiary/aromatic N) is 2. The van der Waals surface area contributed by atoms with Gasteiger partial charge in [-0.05, 0) is 30.7 Å². The van der Waals surface area contributed by atoms with Gasteiger partial charge in [0.1, 0.15) is 18.2 Å². The molecule has 142 valence electrons. The number of aliphatic hydroxyl groups is 1. The van der Waals surface area contributed by atoms with Gasteiger partial charge >= 0.3 is 12.0 Å². The zero-order valence-electron chi connectivity index (χ0n) is 15.3. The summed E-state index contributed by atoms with van der Waals surface area (Å²) in [5.41, 5.74) is 1.38. The number of carbonyl (C=O) groups excluding carboxylic acids is 2. The van der Waals surface area contributed by atoms with Crippen LogP contribution in [0.1, 0.15) is 5.56 Å². The van der Waals surface area contributed by atoms with Crippen molar-refractivity contribution >= 4 is 23.6 Å². The topological polar surface area (TPSA) is 100 Å². The molecule has 27 heavy (non-hydrogen) atoms. The maximum atomic E-state index is 12.3. The summed E-state index contributed by atoms with van der Waals surface area (Å²) in [7, 11) is 3.02. The van der Waals surface area contributed by atoms with Crippen LogP contribution in [0.3, 0.4) is 0 Å². The van der Waals surface area contributed by atoms with Gasteiger partial charge < -0.3 is 19.9 Å². The van der Waals surface area contributed by atoms with Gasteiger partial charge in [-0.2, -0.15) is 0 Å². The lowest BCUT2D eigenvalue weighted by molar-refractivity contribution is -0.115. The van der Waals surface area contributed by atoms with E-state index in [9.17, 15) is 9.59 Å². The third kappa shape index (κ3) is 5.29. The molecule has 2 N–H and O–H groups in total. The summed E-state index contributed by atoms with van der Waals surface area (Å²) in [5.74, 6) is -0.371. The second-order valence-electron chi connectivity index (χ2n) is 5.48. The van der Waals surface area contributed by atoms with E-state index in [4.69, 9.17) is 14.6 Å². The van der Waals surface area contributed by atoms with E-state index in [1.165, 1.54) is 18.0 Å². The zero-order chi connectivity index (χ0) is 19.8. The predicted octanol–water partition coefficient (Wildman–Crippen LogP) is 2.10. The summed E-state index contributed by atoms with van der Waals surface area (Å²) in [4.78, 5) is 29.1. The molecule has 2 rings (SSSR count). The van der Waals surface area contributed by atoms with Crippen LogP contribution in [0.2, 0.25) is 0 Å². The molecule has 8 nitrogen and oxygen atoms in total. The van der Waals surface area contributed by atoms with Crippen molar-refractivity contribution in [3.05, 3.63) is 54.1 Å². The number of para-hydroxylation sites is 1. The first-order chi connectivity index (χ1) is 13.0. The lowest BCUT2D eigenvalue weighted by Gasteiger charge is -2.17. The number of benzene rings is 2. The lowest BCUT2D eigenvalue weighted by atomic mass is 10.2. The minimum absolute atomic E-state index is 0.239. The van der Waals surface area contributed by atoms with Crippen LogP contribution in [0.15, 0.2) is 53.5 Å². The standard InChI is InChI=1S/C19H21N3O5/c1-13-9-10-15(11-16(13)27-18(21-12-23)17(24)20-2)26-19(25)22(3)14-7-5-4-6-8-14/h4-11,23H,12H2,1-3H3,(H,20,24)/b21-18-. The highest BCUT2D eigenvalue weighted by molar-refractivity contribution is 6.35. The van der Waals surface area contributed by atoms with Crippen LogP contribution in [0.25, 0.3) is 0 Å². The summed E-state index contributed by atoms with van der Waals surface area (Å²) in [5, 5.41) is 11.3. The number of rotatable bonds is 4. The number of aliphatic hydroxyl groups excluding tert-OH is 1. The molecule has 0 atom stereocenters. The van der Waals surface area contributed by atoms with Crippen LogP contribution in [-0.2, 0) is 4.79 Å². The Labute approximate surface area is 157 Å². The molecule has 8 heteroatoms. The molecule has 0 spiro atoms. The molecule has 2 aromatic carbocycles. The third-order valence-electron chi connectivity index (χ3n) is 3.62. The van der Waals surface area contributed by atoms with Gasteiger partial charge in [-0.1, -0.05) is 24.3 Å². The Kier molecular flexibility index (Phi) is 6.90. The number of anilines is 1. The molecule has 0 saturated heterocycles. The number of carbonyl (C=O) groups is 2. The average Bonchev–Trinajstić information content (AvgIpc) is 2.69. The van der Waals surface area contributed by atoms with E-state index in [1.54, 1.807) is 38.2 Å². The van der Waals surface area contributed by atoms with E-state index in [1.807, 2.05) is 18.2 Å². The Balaban J connectivity index is 2.18. The Bertz CT molecular complexity index is 836. The van der Waals surface area contributed by atoms with Crippen molar-refractivity contribution in [2.24, 2.45) is 4.99 Å². The van der Waals surface area contributed by atoms with E-state index in [2.05, 4.69) is 10.3 Å². The highest BCUT2D eigenvalue weighted by Gasteiger charge is 2.17. The van der Waals surface area contributed by atoms with Gasteiger partial charge in [-0.25, -0.2) is 9.79 Å². The number of hydrogen-bond donors (Lipinski definition) is 2. The SMILES string of the molecule is CNC(=O)/C(=N/CO)Oc1cc(OC(=O)N(C)c2ccccc2)ccc1C. The summed E-state index contributed by atoms with van der Waals surface area (Å²) in [6.07, 6.45) is -0.577. The molecule has 0 fully saturated rings. The molecular weight excluding hydrogens is 350 g/mol. The van der Waals surface area contributed by atoms with Crippen molar-refractivity contribution in [2.45, 2.75) is 6.92 Å². The number of likely N-dealkylation sites (N-methyl/N-ethyl adjacent to an activating group) is 1. The predicted molar refractivity (Wildman–Crippen MR) is 101 cm³/mol. The average molecular weight is 371 g/mol. The minimum atomic E-state index is -0.599. The molecule has 0 aliphatic carbocycles. The van der Waals surface area contributed by atoms with Gasteiger partial charge in [0, 0.05) is 25.8 Å². The molecule has 0 aliphatic heterocycles. The van der Waals surface area contributed by atoms with Crippen molar-refractivity contribution in [1.82, 2.24) is 5.32 Å². The summed E-state index contributed by atoms with van der Waals surface area (Å²) >= 11 is 0. The first-order valence-electron chi connectivity index (χ1n) is 8.12. The largest absolute Gasteiger partial charge is 0.434 e. The fourth-order valence-corrected chi connectivity index (χ4v) is 2.11. The quantitative estimate of drug-likeness (QED) is 0.633. The number of hydrogen-bond acceptors (Lipinski definition) is 6. The Morgan fingerprint density at radius 2 is 1.85 bits per heavy atom. The molecule has 0 heterocycles. The van der Waals surface area contributed by atoms with Crippen LogP contribution in [0.4, 0.5) is 10.5 Å². The van der Waals surface area contributed by atoms with Crippen molar-refractivity contribution in [3.8, 4) is 11.5 Å². The van der Waals surface area contributed by atoms with E-state index < -0.39 is 18.7 Å². The first kappa shape index (κ1) is 19.9. The number of amides is 2. The zero-order valence-corrected chi connectivity index (χ0v) is 15.3. The molecule has 0 bridgehead atoms. The third-order valence-corrected chi connectivity index (χ3v) is 3.62. The van der Waals surface area contributed by atoms with E-state index in [-0.39, 0.29) is 17.4 Å². The van der Waals surface area contributed by atoms with Gasteiger partial charge in [-0.15, -0.1) is 0 Å². The smallest absolute Gasteiger partial charge is 0.419 e. The van der Waals surface area contributed by atoms with E-state index in [0.717, 1.165) is 0 Å². The highest BCUT2D eigenvalue weighted by atomic mass is 16.6. The van der Waals surface area contributed by atoms with Crippen molar-refractivity contribution < 1.29 is 24.2 Å². The molecule has 0 aliphatic rings. The summed E-state index contributed by atoms with van der Waals surface area (Å²) < 4.78 is 10.9.